The highest BCUT2D eigenvalue weighted by Crippen LogP contribution is 2.15. The first-order chi connectivity index (χ1) is 10.6. The van der Waals surface area contributed by atoms with Crippen LogP contribution in [0.3, 0.4) is 0 Å². The van der Waals surface area contributed by atoms with Crippen molar-refractivity contribution in [3.63, 3.8) is 0 Å². The molecule has 0 bridgehead atoms. The smallest absolute Gasteiger partial charge is 0.221 e. The average molecular weight is 307 g/mol. The van der Waals surface area contributed by atoms with E-state index < -0.39 is 0 Å². The fraction of sp³-hybridized carbons (Fsp3) is 0.765. The Labute approximate surface area is 133 Å². The van der Waals surface area contributed by atoms with Gasteiger partial charge >= 0.3 is 0 Å². The first-order valence-corrected chi connectivity index (χ1v) is 8.59. The zero-order chi connectivity index (χ0) is 15.8. The van der Waals surface area contributed by atoms with E-state index in [-0.39, 0.29) is 5.91 Å². The summed E-state index contributed by atoms with van der Waals surface area (Å²) in [7, 11) is 0. The van der Waals surface area contributed by atoms with Gasteiger partial charge < -0.3 is 14.7 Å². The third-order valence-electron chi connectivity index (χ3n) is 4.22. The van der Waals surface area contributed by atoms with Gasteiger partial charge in [0.1, 0.15) is 11.5 Å². The summed E-state index contributed by atoms with van der Waals surface area (Å²) in [5.74, 6) is 1.28. The van der Waals surface area contributed by atoms with Gasteiger partial charge in [0.2, 0.25) is 5.91 Å². The van der Waals surface area contributed by atoms with Gasteiger partial charge in [0, 0.05) is 24.9 Å². The van der Waals surface area contributed by atoms with Crippen molar-refractivity contribution in [2.75, 3.05) is 19.6 Å². The maximum Gasteiger partial charge on any atom is 0.221 e. The van der Waals surface area contributed by atoms with Crippen LogP contribution < -0.4 is 5.32 Å². The molecular formula is C17H29N3O2. The Kier molecular flexibility index (Phi) is 6.90. The molecule has 0 atom stereocenters. The van der Waals surface area contributed by atoms with Gasteiger partial charge in [-0.3, -0.25) is 4.79 Å². The minimum atomic E-state index is 0.0937. The molecule has 1 aliphatic rings. The third kappa shape index (κ3) is 5.79. The summed E-state index contributed by atoms with van der Waals surface area (Å²) >= 11 is 0. The SMILES string of the molecule is CC(C)c1cc(CNC(=O)CCN2CCCCCCC2)no1. The van der Waals surface area contributed by atoms with Gasteiger partial charge in [-0.05, 0) is 25.9 Å². The zero-order valence-corrected chi connectivity index (χ0v) is 13.9. The second-order valence-electron chi connectivity index (χ2n) is 6.51. The molecule has 0 radical (unpaired) electrons. The molecule has 5 nitrogen and oxygen atoms in total. The molecule has 1 aromatic rings. The lowest BCUT2D eigenvalue weighted by molar-refractivity contribution is -0.121. The second kappa shape index (κ2) is 8.93. The number of carbonyl (C=O) groups is 1. The number of nitrogens with zero attached hydrogens (tertiary/aromatic N) is 2. The number of nitrogens with one attached hydrogen (secondary N) is 1. The molecule has 1 aromatic heterocycles. The van der Waals surface area contributed by atoms with Gasteiger partial charge in [0.05, 0.1) is 6.54 Å². The number of hydrogen-bond acceptors (Lipinski definition) is 4. The average Bonchev–Trinajstić information content (AvgIpc) is 2.93. The molecule has 2 heterocycles. The van der Waals surface area contributed by atoms with E-state index >= 15 is 0 Å². The maximum atomic E-state index is 12.0. The Balaban J connectivity index is 1.66. The molecule has 0 aromatic carbocycles. The van der Waals surface area contributed by atoms with Crippen LogP contribution in [0.1, 0.15) is 69.7 Å². The monoisotopic (exact) mass is 307 g/mol. The molecule has 22 heavy (non-hydrogen) atoms. The molecule has 0 aliphatic carbocycles. The summed E-state index contributed by atoms with van der Waals surface area (Å²) in [6.45, 7) is 7.71. The van der Waals surface area contributed by atoms with Crippen LogP contribution in [0.25, 0.3) is 0 Å². The molecule has 1 amide bonds. The fourth-order valence-corrected chi connectivity index (χ4v) is 2.76. The van der Waals surface area contributed by atoms with Gasteiger partial charge in [-0.15, -0.1) is 0 Å². The first-order valence-electron chi connectivity index (χ1n) is 8.59. The lowest BCUT2D eigenvalue weighted by Crippen LogP contribution is -2.32. The number of carbonyl (C=O) groups excluding carboxylic acids is 1. The second-order valence-corrected chi connectivity index (χ2v) is 6.51. The molecule has 1 aliphatic heterocycles. The minimum Gasteiger partial charge on any atom is -0.361 e. The predicted octanol–water partition coefficient (Wildman–Crippen LogP) is 3.07. The van der Waals surface area contributed by atoms with Gasteiger partial charge in [0.25, 0.3) is 0 Å². The van der Waals surface area contributed by atoms with Crippen LogP contribution in [0.5, 0.6) is 0 Å². The molecule has 124 valence electrons. The number of aromatic nitrogens is 1. The summed E-state index contributed by atoms with van der Waals surface area (Å²) in [5, 5.41) is 6.91. The van der Waals surface area contributed by atoms with Gasteiger partial charge in [-0.1, -0.05) is 38.3 Å². The van der Waals surface area contributed by atoms with Crippen molar-refractivity contribution in [3.05, 3.63) is 17.5 Å². The van der Waals surface area contributed by atoms with E-state index in [0.717, 1.165) is 31.1 Å². The lowest BCUT2D eigenvalue weighted by atomic mass is 10.1. The van der Waals surface area contributed by atoms with Crippen molar-refractivity contribution in [3.8, 4) is 0 Å². The van der Waals surface area contributed by atoms with Crippen molar-refractivity contribution >= 4 is 5.91 Å². The fourth-order valence-electron chi connectivity index (χ4n) is 2.76. The standard InChI is InChI=1S/C17H29N3O2/c1-14(2)16-12-15(19-22-16)13-18-17(21)8-11-20-9-6-4-3-5-7-10-20/h12,14H,3-11,13H2,1-2H3,(H,18,21). The van der Waals surface area contributed by atoms with E-state index in [1.54, 1.807) is 0 Å². The normalized spacial score (nSPS) is 17.2. The van der Waals surface area contributed by atoms with E-state index in [0.29, 0.717) is 18.9 Å². The van der Waals surface area contributed by atoms with Crippen LogP contribution in [0.4, 0.5) is 0 Å². The van der Waals surface area contributed by atoms with Crippen LogP contribution in [0, 0.1) is 0 Å². The molecule has 1 saturated heterocycles. The van der Waals surface area contributed by atoms with Crippen LogP contribution in [0.15, 0.2) is 10.6 Å². The molecule has 1 fully saturated rings. The van der Waals surface area contributed by atoms with Crippen molar-refractivity contribution < 1.29 is 9.32 Å². The summed E-state index contributed by atoms with van der Waals surface area (Å²) in [6.07, 6.45) is 7.11. The van der Waals surface area contributed by atoms with Gasteiger partial charge in [0.15, 0.2) is 0 Å². The number of hydrogen-bond donors (Lipinski definition) is 1. The predicted molar refractivity (Wildman–Crippen MR) is 86.6 cm³/mol. The molecule has 1 N–H and O–H groups in total. The van der Waals surface area contributed by atoms with Crippen LogP contribution >= 0.6 is 0 Å². The van der Waals surface area contributed by atoms with E-state index in [9.17, 15) is 4.79 Å². The Morgan fingerprint density at radius 3 is 2.59 bits per heavy atom. The van der Waals surface area contributed by atoms with Gasteiger partial charge in [-0.2, -0.15) is 0 Å². The molecule has 0 spiro atoms. The highest BCUT2D eigenvalue weighted by Gasteiger charge is 2.11. The molecular weight excluding hydrogens is 278 g/mol. The van der Waals surface area contributed by atoms with Crippen molar-refractivity contribution in [2.24, 2.45) is 0 Å². The van der Waals surface area contributed by atoms with Crippen LogP contribution in [0.2, 0.25) is 0 Å². The number of likely N-dealkylation sites (tertiary alicyclic amines) is 1. The summed E-state index contributed by atoms with van der Waals surface area (Å²) < 4.78 is 5.23. The molecule has 0 saturated carbocycles. The summed E-state index contributed by atoms with van der Waals surface area (Å²) in [6, 6.07) is 1.92. The molecule has 2 rings (SSSR count). The van der Waals surface area contributed by atoms with Crippen LogP contribution in [-0.2, 0) is 11.3 Å². The quantitative estimate of drug-likeness (QED) is 0.877. The minimum absolute atomic E-state index is 0.0937. The first kappa shape index (κ1) is 17.0. The number of amides is 1. The molecule has 0 unspecified atom stereocenters. The van der Waals surface area contributed by atoms with Gasteiger partial charge in [-0.25, -0.2) is 0 Å². The highest BCUT2D eigenvalue weighted by atomic mass is 16.5. The zero-order valence-electron chi connectivity index (χ0n) is 13.9. The van der Waals surface area contributed by atoms with Crippen molar-refractivity contribution in [1.82, 2.24) is 15.4 Å². The maximum absolute atomic E-state index is 12.0. The summed E-state index contributed by atoms with van der Waals surface area (Å²) in [5.41, 5.74) is 0.795. The Morgan fingerprint density at radius 2 is 1.95 bits per heavy atom. The molecule has 5 heteroatoms. The van der Waals surface area contributed by atoms with E-state index in [2.05, 4.69) is 29.2 Å². The Hall–Kier alpha value is -1.36. The Morgan fingerprint density at radius 1 is 1.27 bits per heavy atom. The van der Waals surface area contributed by atoms with E-state index in [4.69, 9.17) is 4.52 Å². The highest BCUT2D eigenvalue weighted by molar-refractivity contribution is 5.75. The van der Waals surface area contributed by atoms with Crippen molar-refractivity contribution in [2.45, 2.75) is 64.8 Å². The van der Waals surface area contributed by atoms with Crippen molar-refractivity contribution in [1.29, 1.82) is 0 Å². The topological polar surface area (TPSA) is 58.4 Å². The number of rotatable bonds is 6. The third-order valence-corrected chi connectivity index (χ3v) is 4.22. The summed E-state index contributed by atoms with van der Waals surface area (Å²) in [4.78, 5) is 14.4. The largest absolute Gasteiger partial charge is 0.361 e. The van der Waals surface area contributed by atoms with E-state index in [1.165, 1.54) is 32.1 Å². The lowest BCUT2D eigenvalue weighted by Gasteiger charge is -2.24. The Bertz CT molecular complexity index is 449. The van der Waals surface area contributed by atoms with E-state index in [1.807, 2.05) is 6.07 Å². The van der Waals surface area contributed by atoms with Crippen LogP contribution in [-0.4, -0.2) is 35.6 Å².